The summed E-state index contributed by atoms with van der Waals surface area (Å²) in [5.74, 6) is 0. The zero-order valence-electron chi connectivity index (χ0n) is 14.7. The van der Waals surface area contributed by atoms with Crippen molar-refractivity contribution in [2.75, 3.05) is 19.8 Å². The number of rotatable bonds is 6. The summed E-state index contributed by atoms with van der Waals surface area (Å²) in [6.07, 6.45) is 3.34. The zero-order chi connectivity index (χ0) is 20.1. The van der Waals surface area contributed by atoms with Crippen molar-refractivity contribution in [2.24, 2.45) is 0 Å². The SMILES string of the molecule is C[N+](C/C=C/Cl)(Cc1ccccc1)C[Si](C)(C)C.F[P-](F)(F)(F)(F)F. The molecule has 1 rings (SSSR count). The Morgan fingerprint density at radius 1 is 1.00 bits per heavy atom. The van der Waals surface area contributed by atoms with Crippen LogP contribution in [-0.4, -0.2) is 32.3 Å². The molecular formula is C15H25ClF6NPSi. The molecule has 10 heteroatoms. The van der Waals surface area contributed by atoms with Crippen LogP contribution in [0.15, 0.2) is 41.9 Å². The summed E-state index contributed by atoms with van der Waals surface area (Å²) in [4.78, 5) is 0. The summed E-state index contributed by atoms with van der Waals surface area (Å²) in [5.41, 5.74) is 3.05. The van der Waals surface area contributed by atoms with E-state index in [1.807, 2.05) is 0 Å². The third kappa shape index (κ3) is 19.6. The Morgan fingerprint density at radius 2 is 1.44 bits per heavy atom. The molecule has 1 aromatic rings. The Balaban J connectivity index is 0.000000697. The van der Waals surface area contributed by atoms with E-state index in [1.165, 1.54) is 11.7 Å². The average molecular weight is 428 g/mol. The van der Waals surface area contributed by atoms with Crippen LogP contribution in [-0.2, 0) is 6.54 Å². The number of benzene rings is 1. The quantitative estimate of drug-likeness (QED) is 0.189. The maximum atomic E-state index is 9.87. The van der Waals surface area contributed by atoms with Gasteiger partial charge in [0.15, 0.2) is 0 Å². The van der Waals surface area contributed by atoms with Crippen LogP contribution in [0.5, 0.6) is 0 Å². The molecule has 0 saturated heterocycles. The molecule has 0 aromatic heterocycles. The van der Waals surface area contributed by atoms with Crippen molar-refractivity contribution in [3.05, 3.63) is 47.5 Å². The Labute approximate surface area is 151 Å². The summed E-state index contributed by atoms with van der Waals surface area (Å²) in [6, 6.07) is 10.7. The molecule has 25 heavy (non-hydrogen) atoms. The fourth-order valence-corrected chi connectivity index (χ4v) is 5.26. The molecule has 0 spiro atoms. The predicted octanol–water partition coefficient (Wildman–Crippen LogP) is 7.65. The molecule has 1 atom stereocenters. The third-order valence-corrected chi connectivity index (χ3v) is 4.79. The van der Waals surface area contributed by atoms with Gasteiger partial charge in [0.1, 0.15) is 14.6 Å². The molecule has 0 radical (unpaired) electrons. The Kier molecular flexibility index (Phi) is 7.42. The van der Waals surface area contributed by atoms with Crippen LogP contribution in [0.4, 0.5) is 25.2 Å². The monoisotopic (exact) mass is 427 g/mol. The topological polar surface area (TPSA) is 0 Å². The molecular weight excluding hydrogens is 403 g/mol. The summed E-state index contributed by atoms with van der Waals surface area (Å²) in [7, 11) is -9.42. The first-order valence-electron chi connectivity index (χ1n) is 7.49. The molecule has 0 aliphatic carbocycles. The number of hydrogen-bond donors (Lipinski definition) is 0. The van der Waals surface area contributed by atoms with Crippen LogP contribution >= 0.6 is 19.4 Å². The third-order valence-electron chi connectivity index (χ3n) is 2.90. The van der Waals surface area contributed by atoms with Crippen molar-refractivity contribution in [1.82, 2.24) is 0 Å². The van der Waals surface area contributed by atoms with E-state index in [-0.39, 0.29) is 0 Å². The molecule has 0 saturated carbocycles. The van der Waals surface area contributed by atoms with Crippen molar-refractivity contribution >= 4 is 27.5 Å². The van der Waals surface area contributed by atoms with E-state index in [2.05, 4.69) is 63.1 Å². The molecule has 0 heterocycles. The summed E-state index contributed by atoms with van der Waals surface area (Å²) in [6.45, 7) is 9.37. The van der Waals surface area contributed by atoms with E-state index in [1.54, 1.807) is 5.54 Å². The summed E-state index contributed by atoms with van der Waals surface area (Å²) in [5, 5.41) is 0. The number of quaternary nitrogens is 1. The van der Waals surface area contributed by atoms with Gasteiger partial charge in [-0.25, -0.2) is 0 Å². The Morgan fingerprint density at radius 3 is 1.80 bits per heavy atom. The number of likely N-dealkylation sites (N-methyl/N-ethyl adjacent to an activating group) is 1. The second kappa shape index (κ2) is 7.59. The molecule has 1 aromatic carbocycles. The minimum atomic E-state index is -10.7. The van der Waals surface area contributed by atoms with Crippen molar-refractivity contribution in [1.29, 1.82) is 0 Å². The van der Waals surface area contributed by atoms with E-state index in [9.17, 15) is 25.2 Å². The van der Waals surface area contributed by atoms with Gasteiger partial charge in [0.2, 0.25) is 0 Å². The van der Waals surface area contributed by atoms with Crippen LogP contribution in [0.2, 0.25) is 19.6 Å². The van der Waals surface area contributed by atoms with Crippen LogP contribution in [0.1, 0.15) is 5.56 Å². The zero-order valence-corrected chi connectivity index (χ0v) is 17.4. The predicted molar refractivity (Wildman–Crippen MR) is 98.0 cm³/mol. The van der Waals surface area contributed by atoms with Gasteiger partial charge < -0.3 is 4.48 Å². The fourth-order valence-electron chi connectivity index (χ4n) is 2.65. The van der Waals surface area contributed by atoms with Gasteiger partial charge in [0.25, 0.3) is 0 Å². The first kappa shape index (κ1) is 24.4. The fraction of sp³-hybridized carbons (Fsp3) is 0.467. The van der Waals surface area contributed by atoms with Gasteiger partial charge in [-0.2, -0.15) is 0 Å². The van der Waals surface area contributed by atoms with E-state index < -0.39 is 15.9 Å². The standard InChI is InChI=1S/C15H25ClNSi.F6P/c1-17(12-8-11-16,14-18(2,3)4)13-15-9-6-5-7-10-15;1-7(2,3,4,5)6/h5-11H,12-14H2,1-4H3;/q+1;-1/b11-8+;. The van der Waals surface area contributed by atoms with Gasteiger partial charge in [-0.3, -0.25) is 0 Å². The molecule has 0 aliphatic rings. The number of halogens is 7. The average Bonchev–Trinajstić information content (AvgIpc) is 2.31. The van der Waals surface area contributed by atoms with Gasteiger partial charge >= 0.3 is 33.0 Å². The van der Waals surface area contributed by atoms with Gasteiger partial charge in [0, 0.05) is 11.1 Å². The first-order chi connectivity index (χ1) is 10.8. The molecule has 1 nitrogen and oxygen atoms in total. The molecule has 0 N–H and O–H groups in total. The van der Waals surface area contributed by atoms with E-state index >= 15 is 0 Å². The summed E-state index contributed by atoms with van der Waals surface area (Å²) < 4.78 is 60.2. The molecule has 0 bridgehead atoms. The summed E-state index contributed by atoms with van der Waals surface area (Å²) >= 11 is 5.70. The molecule has 1 unspecified atom stereocenters. The molecule has 148 valence electrons. The number of hydrogen-bond acceptors (Lipinski definition) is 0. The van der Waals surface area contributed by atoms with E-state index in [0.717, 1.165) is 17.6 Å². The van der Waals surface area contributed by atoms with Gasteiger partial charge in [0.05, 0.1) is 19.8 Å². The first-order valence-corrected chi connectivity index (χ1v) is 13.7. The van der Waals surface area contributed by atoms with Gasteiger partial charge in [-0.15, -0.1) is 0 Å². The molecule has 0 amide bonds. The van der Waals surface area contributed by atoms with Crippen molar-refractivity contribution in [3.63, 3.8) is 0 Å². The van der Waals surface area contributed by atoms with Gasteiger partial charge in [-0.1, -0.05) is 61.6 Å². The van der Waals surface area contributed by atoms with Crippen molar-refractivity contribution in [3.8, 4) is 0 Å². The van der Waals surface area contributed by atoms with Crippen LogP contribution < -0.4 is 0 Å². The van der Waals surface area contributed by atoms with E-state index in [4.69, 9.17) is 11.6 Å². The van der Waals surface area contributed by atoms with Crippen molar-refractivity contribution in [2.45, 2.75) is 26.2 Å². The van der Waals surface area contributed by atoms with Crippen molar-refractivity contribution < 1.29 is 29.7 Å². The maximum absolute atomic E-state index is 10.7. The second-order valence-corrected chi connectivity index (χ2v) is 15.1. The van der Waals surface area contributed by atoms with Crippen LogP contribution in [0.25, 0.3) is 0 Å². The van der Waals surface area contributed by atoms with Crippen LogP contribution in [0.3, 0.4) is 0 Å². The Hall–Kier alpha value is -0.563. The van der Waals surface area contributed by atoms with Crippen LogP contribution in [0, 0.1) is 0 Å². The number of nitrogens with zero attached hydrogens (tertiary/aromatic N) is 1. The second-order valence-electron chi connectivity index (χ2n) is 7.48. The normalized spacial score (nSPS) is 17.9. The van der Waals surface area contributed by atoms with E-state index in [0.29, 0.717) is 0 Å². The van der Waals surface area contributed by atoms with Gasteiger partial charge in [-0.05, 0) is 6.08 Å². The Bertz CT molecular complexity index is 559. The molecule has 0 fully saturated rings. The molecule has 0 aliphatic heterocycles. The minimum absolute atomic E-state index is 1.00.